The van der Waals surface area contributed by atoms with Crippen LogP contribution >= 0.6 is 0 Å². The highest BCUT2D eigenvalue weighted by atomic mass is 19.1. The third-order valence-corrected chi connectivity index (χ3v) is 3.97. The maximum atomic E-state index is 14.3. The fourth-order valence-corrected chi connectivity index (χ4v) is 3.05. The fourth-order valence-electron chi connectivity index (χ4n) is 3.05. The Morgan fingerprint density at radius 3 is 2.85 bits per heavy atom. The lowest BCUT2D eigenvalue weighted by molar-refractivity contribution is 0.203. The molecule has 2 aromatic rings. The molecule has 2 atom stereocenters. The lowest BCUT2D eigenvalue weighted by Gasteiger charge is -2.39. The molecule has 1 saturated carbocycles. The van der Waals surface area contributed by atoms with Gasteiger partial charge in [0.2, 0.25) is 0 Å². The van der Waals surface area contributed by atoms with E-state index in [0.29, 0.717) is 12.1 Å². The van der Waals surface area contributed by atoms with Gasteiger partial charge in [0.1, 0.15) is 18.3 Å². The molecule has 0 amide bonds. The lowest BCUT2D eigenvalue weighted by Crippen LogP contribution is -2.48. The molecule has 0 radical (unpaired) electrons. The zero-order valence-electron chi connectivity index (χ0n) is 11.9. The molecule has 0 aliphatic heterocycles. The average Bonchev–Trinajstić information content (AvgIpc) is 2.88. The smallest absolute Gasteiger partial charge is 0.177 e. The van der Waals surface area contributed by atoms with E-state index < -0.39 is 6.17 Å². The Morgan fingerprint density at radius 2 is 2.10 bits per heavy atom. The molecule has 20 heavy (non-hydrogen) atoms. The van der Waals surface area contributed by atoms with E-state index in [9.17, 15) is 4.39 Å². The molecule has 2 aromatic heterocycles. The Hall–Kier alpha value is -1.72. The number of nitrogens with zero attached hydrogens (tertiary/aromatic N) is 5. The van der Waals surface area contributed by atoms with Gasteiger partial charge in [0.15, 0.2) is 5.65 Å². The molecule has 1 aliphatic rings. The molecule has 3 rings (SSSR count). The number of rotatable bonds is 3. The minimum atomic E-state index is -0.774. The standard InChI is InChI=1S/C14H20FN5/c1-10(2)20(12-6-4-3-5-11(12)15)14-8-7-13-17-16-9-19(13)18-14/h7-12H,3-6H2,1-2H3/t11-,12-/m1/s1. The number of alkyl halides is 1. The van der Waals surface area contributed by atoms with Crippen molar-refractivity contribution in [2.75, 3.05) is 4.90 Å². The van der Waals surface area contributed by atoms with Gasteiger partial charge < -0.3 is 4.90 Å². The fraction of sp³-hybridized carbons (Fsp3) is 0.643. The van der Waals surface area contributed by atoms with Gasteiger partial charge in [0, 0.05) is 6.04 Å². The highest BCUT2D eigenvalue weighted by molar-refractivity contribution is 5.46. The molecule has 1 aliphatic carbocycles. The van der Waals surface area contributed by atoms with Gasteiger partial charge in [-0.1, -0.05) is 12.8 Å². The molecular formula is C14H20FN5. The number of halogens is 1. The van der Waals surface area contributed by atoms with Crippen LogP contribution in [0.1, 0.15) is 39.5 Å². The number of hydrogen-bond donors (Lipinski definition) is 0. The molecule has 0 spiro atoms. The van der Waals surface area contributed by atoms with Crippen LogP contribution in [0, 0.1) is 0 Å². The number of aromatic nitrogens is 4. The molecule has 0 saturated heterocycles. The van der Waals surface area contributed by atoms with Gasteiger partial charge in [-0.2, -0.15) is 4.52 Å². The molecule has 1 fully saturated rings. The van der Waals surface area contributed by atoms with E-state index in [4.69, 9.17) is 0 Å². The summed E-state index contributed by atoms with van der Waals surface area (Å²) >= 11 is 0. The van der Waals surface area contributed by atoms with Crippen LogP contribution in [0.2, 0.25) is 0 Å². The Morgan fingerprint density at radius 1 is 1.30 bits per heavy atom. The van der Waals surface area contributed by atoms with Crippen LogP contribution in [0.25, 0.3) is 5.65 Å². The molecule has 0 bridgehead atoms. The minimum absolute atomic E-state index is 0.0785. The van der Waals surface area contributed by atoms with E-state index in [0.717, 1.165) is 25.1 Å². The molecule has 5 nitrogen and oxygen atoms in total. The van der Waals surface area contributed by atoms with Crippen LogP contribution in [-0.4, -0.2) is 38.1 Å². The predicted octanol–water partition coefficient (Wildman–Crippen LogP) is 2.62. The molecular weight excluding hydrogens is 257 g/mol. The Balaban J connectivity index is 1.96. The summed E-state index contributed by atoms with van der Waals surface area (Å²) in [6.45, 7) is 4.17. The van der Waals surface area contributed by atoms with Crippen molar-refractivity contribution in [3.63, 3.8) is 0 Å². The number of fused-ring (bicyclic) bond motifs is 1. The lowest BCUT2D eigenvalue weighted by atomic mass is 9.91. The second-order valence-electron chi connectivity index (χ2n) is 5.69. The summed E-state index contributed by atoms with van der Waals surface area (Å²) in [5, 5.41) is 12.3. The maximum Gasteiger partial charge on any atom is 0.177 e. The van der Waals surface area contributed by atoms with Gasteiger partial charge in [-0.15, -0.1) is 15.3 Å². The summed E-state index contributed by atoms with van der Waals surface area (Å²) in [4.78, 5) is 2.10. The number of anilines is 1. The van der Waals surface area contributed by atoms with Crippen molar-refractivity contribution in [1.82, 2.24) is 19.8 Å². The normalized spacial score (nSPS) is 23.4. The molecule has 108 valence electrons. The molecule has 6 heteroatoms. The van der Waals surface area contributed by atoms with Crippen molar-refractivity contribution in [2.24, 2.45) is 0 Å². The quantitative estimate of drug-likeness (QED) is 0.865. The zero-order valence-corrected chi connectivity index (χ0v) is 11.9. The first-order valence-corrected chi connectivity index (χ1v) is 7.26. The SMILES string of the molecule is CC(C)N(c1ccc2nncn2n1)[C@@H]1CCCC[C@H]1F. The summed E-state index contributed by atoms with van der Waals surface area (Å²) in [6, 6.07) is 3.91. The van der Waals surface area contributed by atoms with Crippen LogP contribution in [0.3, 0.4) is 0 Å². The summed E-state index contributed by atoms with van der Waals surface area (Å²) in [5.41, 5.74) is 0.706. The van der Waals surface area contributed by atoms with Gasteiger partial charge in [0.05, 0.1) is 6.04 Å². The van der Waals surface area contributed by atoms with Crippen LogP contribution in [0.4, 0.5) is 10.2 Å². The van der Waals surface area contributed by atoms with E-state index >= 15 is 0 Å². The third-order valence-electron chi connectivity index (χ3n) is 3.97. The highest BCUT2D eigenvalue weighted by Crippen LogP contribution is 2.30. The van der Waals surface area contributed by atoms with E-state index in [1.165, 1.54) is 0 Å². The van der Waals surface area contributed by atoms with Gasteiger partial charge >= 0.3 is 0 Å². The molecule has 0 unspecified atom stereocenters. The molecule has 0 N–H and O–H groups in total. The summed E-state index contributed by atoms with van der Waals surface area (Å²) in [5.74, 6) is 0.793. The van der Waals surface area contributed by atoms with E-state index in [2.05, 4.69) is 34.0 Å². The van der Waals surface area contributed by atoms with Gasteiger partial charge in [-0.05, 0) is 38.8 Å². The van der Waals surface area contributed by atoms with Gasteiger partial charge in [-0.25, -0.2) is 4.39 Å². The Labute approximate surface area is 117 Å². The zero-order chi connectivity index (χ0) is 14.1. The van der Waals surface area contributed by atoms with Crippen LogP contribution in [-0.2, 0) is 0 Å². The number of hydrogen-bond acceptors (Lipinski definition) is 4. The largest absolute Gasteiger partial charge is 0.347 e. The Bertz CT molecular complexity index is 582. The van der Waals surface area contributed by atoms with Gasteiger partial charge in [0.25, 0.3) is 0 Å². The van der Waals surface area contributed by atoms with Crippen LogP contribution in [0.5, 0.6) is 0 Å². The highest BCUT2D eigenvalue weighted by Gasteiger charge is 2.32. The van der Waals surface area contributed by atoms with Crippen molar-refractivity contribution in [1.29, 1.82) is 0 Å². The van der Waals surface area contributed by atoms with Crippen LogP contribution < -0.4 is 4.90 Å². The first-order chi connectivity index (χ1) is 9.66. The van der Waals surface area contributed by atoms with Crippen molar-refractivity contribution in [3.8, 4) is 0 Å². The van der Waals surface area contributed by atoms with Crippen molar-refractivity contribution >= 4 is 11.5 Å². The monoisotopic (exact) mass is 277 g/mol. The maximum absolute atomic E-state index is 14.3. The third kappa shape index (κ3) is 2.34. The molecule has 0 aromatic carbocycles. The van der Waals surface area contributed by atoms with Crippen molar-refractivity contribution < 1.29 is 4.39 Å². The van der Waals surface area contributed by atoms with E-state index in [-0.39, 0.29) is 12.1 Å². The summed E-state index contributed by atoms with van der Waals surface area (Å²) in [6.07, 6.45) is 4.42. The van der Waals surface area contributed by atoms with Crippen molar-refractivity contribution in [3.05, 3.63) is 18.5 Å². The second kappa shape index (κ2) is 5.34. The summed E-state index contributed by atoms with van der Waals surface area (Å²) in [7, 11) is 0. The van der Waals surface area contributed by atoms with Crippen LogP contribution in [0.15, 0.2) is 18.5 Å². The predicted molar refractivity (Wildman–Crippen MR) is 75.5 cm³/mol. The van der Waals surface area contributed by atoms with E-state index in [1.807, 2.05) is 12.1 Å². The topological polar surface area (TPSA) is 46.3 Å². The van der Waals surface area contributed by atoms with Crippen molar-refractivity contribution in [2.45, 2.75) is 57.8 Å². The van der Waals surface area contributed by atoms with Gasteiger partial charge in [-0.3, -0.25) is 0 Å². The summed E-state index contributed by atoms with van der Waals surface area (Å²) < 4.78 is 15.9. The first kappa shape index (κ1) is 13.3. The first-order valence-electron chi connectivity index (χ1n) is 7.26. The minimum Gasteiger partial charge on any atom is -0.347 e. The second-order valence-corrected chi connectivity index (χ2v) is 5.69. The molecule has 2 heterocycles. The Kier molecular flexibility index (Phi) is 3.54. The van der Waals surface area contributed by atoms with E-state index in [1.54, 1.807) is 10.8 Å². The average molecular weight is 277 g/mol.